The fourth-order valence-corrected chi connectivity index (χ4v) is 3.60. The van der Waals surface area contributed by atoms with Gasteiger partial charge in [0.2, 0.25) is 5.91 Å². The number of rotatable bonds is 7. The van der Waals surface area contributed by atoms with Gasteiger partial charge in [-0.15, -0.1) is 24.8 Å². The Labute approximate surface area is 190 Å². The summed E-state index contributed by atoms with van der Waals surface area (Å²) in [7, 11) is 0. The standard InChI is InChI=1S/C22H28N4O2.2ClH/c1-16(17-8-11-23-12-9-17)13-21(27)26-19-7-4-5-18(14-19)22(28)25-15-20-6-2-3-10-24-20;;/h2-7,10,14,16-17,23H,8-9,11-13,15H2,1H3,(H,25,28)(H,26,27);2*1H. The number of pyridine rings is 1. The maximum Gasteiger partial charge on any atom is 0.251 e. The van der Waals surface area contributed by atoms with Gasteiger partial charge in [-0.25, -0.2) is 0 Å². The highest BCUT2D eigenvalue weighted by atomic mass is 35.5. The summed E-state index contributed by atoms with van der Waals surface area (Å²) >= 11 is 0. The molecule has 1 aliphatic rings. The van der Waals surface area contributed by atoms with Crippen LogP contribution in [0.25, 0.3) is 0 Å². The van der Waals surface area contributed by atoms with Crippen molar-refractivity contribution in [3.63, 3.8) is 0 Å². The van der Waals surface area contributed by atoms with Crippen molar-refractivity contribution in [2.45, 2.75) is 32.7 Å². The monoisotopic (exact) mass is 452 g/mol. The fourth-order valence-electron chi connectivity index (χ4n) is 3.60. The van der Waals surface area contributed by atoms with E-state index in [4.69, 9.17) is 0 Å². The highest BCUT2D eigenvalue weighted by molar-refractivity contribution is 5.97. The number of benzene rings is 1. The lowest BCUT2D eigenvalue weighted by Gasteiger charge is -2.27. The van der Waals surface area contributed by atoms with Gasteiger partial charge in [-0.05, 0) is 68.1 Å². The number of hydrogen-bond donors (Lipinski definition) is 3. The molecule has 1 fully saturated rings. The van der Waals surface area contributed by atoms with Gasteiger partial charge in [-0.1, -0.05) is 19.1 Å². The van der Waals surface area contributed by atoms with Crippen LogP contribution in [0.2, 0.25) is 0 Å². The normalized spacial score (nSPS) is 14.6. The van der Waals surface area contributed by atoms with Crippen LogP contribution in [0, 0.1) is 11.8 Å². The van der Waals surface area contributed by atoms with Crippen molar-refractivity contribution >= 4 is 42.3 Å². The molecule has 0 aliphatic carbocycles. The van der Waals surface area contributed by atoms with Gasteiger partial charge in [0.05, 0.1) is 12.2 Å². The minimum atomic E-state index is -0.190. The van der Waals surface area contributed by atoms with E-state index in [-0.39, 0.29) is 36.6 Å². The van der Waals surface area contributed by atoms with Crippen LogP contribution >= 0.6 is 24.8 Å². The summed E-state index contributed by atoms with van der Waals surface area (Å²) in [5.41, 5.74) is 1.96. The molecule has 3 N–H and O–H groups in total. The third kappa shape index (κ3) is 7.94. The molecule has 2 aromatic rings. The molecule has 164 valence electrons. The van der Waals surface area contributed by atoms with Crippen LogP contribution in [0.4, 0.5) is 5.69 Å². The second kappa shape index (κ2) is 13.2. The average Bonchev–Trinajstić information content (AvgIpc) is 2.73. The molecule has 1 aliphatic heterocycles. The first-order chi connectivity index (χ1) is 13.6. The van der Waals surface area contributed by atoms with Crippen LogP contribution < -0.4 is 16.0 Å². The summed E-state index contributed by atoms with van der Waals surface area (Å²) in [4.78, 5) is 29.0. The van der Waals surface area contributed by atoms with Crippen molar-refractivity contribution in [2.75, 3.05) is 18.4 Å². The molecule has 2 amide bonds. The molecule has 0 bridgehead atoms. The second-order valence-electron chi connectivity index (χ2n) is 7.40. The highest BCUT2D eigenvalue weighted by Crippen LogP contribution is 2.24. The summed E-state index contributed by atoms with van der Waals surface area (Å²) in [6, 6.07) is 12.6. The summed E-state index contributed by atoms with van der Waals surface area (Å²) in [5, 5.41) is 9.14. The molecule has 1 aromatic heterocycles. The zero-order valence-electron chi connectivity index (χ0n) is 17.1. The van der Waals surface area contributed by atoms with E-state index >= 15 is 0 Å². The first-order valence-electron chi connectivity index (χ1n) is 9.90. The quantitative estimate of drug-likeness (QED) is 0.595. The van der Waals surface area contributed by atoms with Crippen LogP contribution in [-0.4, -0.2) is 29.9 Å². The molecule has 6 nitrogen and oxygen atoms in total. The average molecular weight is 453 g/mol. The largest absolute Gasteiger partial charge is 0.346 e. The Balaban J connectivity index is 0.00000225. The lowest BCUT2D eigenvalue weighted by atomic mass is 9.84. The number of carbonyl (C=O) groups excluding carboxylic acids is 2. The van der Waals surface area contributed by atoms with E-state index in [0.717, 1.165) is 31.6 Å². The molecule has 1 atom stereocenters. The predicted octanol–water partition coefficient (Wildman–Crippen LogP) is 3.82. The molecule has 0 saturated carbocycles. The number of carbonyl (C=O) groups is 2. The first-order valence-corrected chi connectivity index (χ1v) is 9.90. The molecule has 0 spiro atoms. The molecule has 8 heteroatoms. The number of halogens is 2. The van der Waals surface area contributed by atoms with Crippen molar-refractivity contribution in [3.8, 4) is 0 Å². The topological polar surface area (TPSA) is 83.1 Å². The first kappa shape index (κ1) is 25.9. The van der Waals surface area contributed by atoms with E-state index in [0.29, 0.717) is 36.1 Å². The second-order valence-corrected chi connectivity index (χ2v) is 7.40. The number of nitrogens with one attached hydrogen (secondary N) is 3. The maximum absolute atomic E-state index is 12.4. The summed E-state index contributed by atoms with van der Waals surface area (Å²) in [6.07, 6.45) is 4.45. The van der Waals surface area contributed by atoms with E-state index in [9.17, 15) is 9.59 Å². The van der Waals surface area contributed by atoms with Crippen LogP contribution in [0.1, 0.15) is 42.2 Å². The molecule has 1 saturated heterocycles. The Morgan fingerprint density at radius 3 is 2.60 bits per heavy atom. The third-order valence-corrected chi connectivity index (χ3v) is 5.26. The minimum absolute atomic E-state index is 0. The van der Waals surface area contributed by atoms with Gasteiger partial charge in [0.1, 0.15) is 0 Å². The van der Waals surface area contributed by atoms with Gasteiger partial charge in [-0.2, -0.15) is 0 Å². The zero-order valence-corrected chi connectivity index (χ0v) is 18.7. The Hall–Kier alpha value is -2.15. The lowest BCUT2D eigenvalue weighted by molar-refractivity contribution is -0.117. The van der Waals surface area contributed by atoms with E-state index < -0.39 is 0 Å². The third-order valence-electron chi connectivity index (χ3n) is 5.26. The zero-order chi connectivity index (χ0) is 19.8. The number of hydrogen-bond acceptors (Lipinski definition) is 4. The van der Waals surface area contributed by atoms with Gasteiger partial charge in [0, 0.05) is 23.9 Å². The highest BCUT2D eigenvalue weighted by Gasteiger charge is 2.22. The maximum atomic E-state index is 12.4. The van der Waals surface area contributed by atoms with Gasteiger partial charge < -0.3 is 16.0 Å². The summed E-state index contributed by atoms with van der Waals surface area (Å²) < 4.78 is 0. The Morgan fingerprint density at radius 1 is 1.13 bits per heavy atom. The number of nitrogens with zero attached hydrogens (tertiary/aromatic N) is 1. The number of amides is 2. The smallest absolute Gasteiger partial charge is 0.251 e. The van der Waals surface area contributed by atoms with Crippen LogP contribution in [-0.2, 0) is 11.3 Å². The lowest BCUT2D eigenvalue weighted by Crippen LogP contribution is -2.32. The number of piperidine rings is 1. The van der Waals surface area contributed by atoms with Crippen LogP contribution in [0.15, 0.2) is 48.7 Å². The van der Waals surface area contributed by atoms with Crippen molar-refractivity contribution in [2.24, 2.45) is 11.8 Å². The molecular weight excluding hydrogens is 423 g/mol. The van der Waals surface area contributed by atoms with Gasteiger partial charge in [0.25, 0.3) is 5.91 Å². The van der Waals surface area contributed by atoms with E-state index in [1.807, 2.05) is 24.3 Å². The summed E-state index contributed by atoms with van der Waals surface area (Å²) in [6.45, 7) is 4.58. The number of aromatic nitrogens is 1. The van der Waals surface area contributed by atoms with Crippen molar-refractivity contribution < 1.29 is 9.59 Å². The summed E-state index contributed by atoms with van der Waals surface area (Å²) in [5.74, 6) is 0.754. The van der Waals surface area contributed by atoms with Crippen molar-refractivity contribution in [1.82, 2.24) is 15.6 Å². The van der Waals surface area contributed by atoms with E-state index in [1.54, 1.807) is 24.4 Å². The Morgan fingerprint density at radius 2 is 1.90 bits per heavy atom. The predicted molar refractivity (Wildman–Crippen MR) is 124 cm³/mol. The van der Waals surface area contributed by atoms with E-state index in [2.05, 4.69) is 27.9 Å². The SMILES string of the molecule is CC(CC(=O)Nc1cccc(C(=O)NCc2ccccn2)c1)C1CCNCC1.Cl.Cl. The van der Waals surface area contributed by atoms with E-state index in [1.165, 1.54) is 0 Å². The molecule has 0 radical (unpaired) electrons. The van der Waals surface area contributed by atoms with Gasteiger partial charge in [0.15, 0.2) is 0 Å². The van der Waals surface area contributed by atoms with Gasteiger partial charge in [-0.3, -0.25) is 14.6 Å². The molecule has 1 unspecified atom stereocenters. The van der Waals surface area contributed by atoms with Gasteiger partial charge >= 0.3 is 0 Å². The fraction of sp³-hybridized carbons (Fsp3) is 0.409. The van der Waals surface area contributed by atoms with Crippen LogP contribution in [0.3, 0.4) is 0 Å². The Bertz CT molecular complexity index is 799. The van der Waals surface area contributed by atoms with Crippen molar-refractivity contribution in [3.05, 3.63) is 59.9 Å². The molecule has 1 aromatic carbocycles. The Kier molecular flexibility index (Phi) is 11.4. The molecular formula is C22H30Cl2N4O2. The molecule has 3 rings (SSSR count). The number of anilines is 1. The van der Waals surface area contributed by atoms with Crippen molar-refractivity contribution in [1.29, 1.82) is 0 Å². The van der Waals surface area contributed by atoms with Crippen LogP contribution in [0.5, 0.6) is 0 Å². The molecule has 2 heterocycles. The minimum Gasteiger partial charge on any atom is -0.346 e. The molecule has 30 heavy (non-hydrogen) atoms.